The van der Waals surface area contributed by atoms with Gasteiger partial charge in [-0.15, -0.1) is 0 Å². The van der Waals surface area contributed by atoms with Gasteiger partial charge < -0.3 is 10.4 Å². The number of nitrogens with zero attached hydrogens (tertiary/aromatic N) is 2. The van der Waals surface area contributed by atoms with Crippen LogP contribution in [0.1, 0.15) is 58.7 Å². The summed E-state index contributed by atoms with van der Waals surface area (Å²) >= 11 is 0. The first-order valence-electron chi connectivity index (χ1n) is 7.38. The summed E-state index contributed by atoms with van der Waals surface area (Å²) in [5.41, 5.74) is 1.22. The molecule has 0 amide bonds. The van der Waals surface area contributed by atoms with E-state index in [-0.39, 0.29) is 12.0 Å². The Labute approximate surface area is 117 Å². The Morgan fingerprint density at radius 3 is 2.63 bits per heavy atom. The van der Waals surface area contributed by atoms with Gasteiger partial charge in [0.1, 0.15) is 0 Å². The molecular weight excluding hydrogens is 238 g/mol. The third-order valence-electron chi connectivity index (χ3n) is 3.68. The number of hydrogen-bond acceptors (Lipinski definition) is 3. The predicted molar refractivity (Wildman–Crippen MR) is 79.0 cm³/mol. The van der Waals surface area contributed by atoms with E-state index in [9.17, 15) is 0 Å². The molecule has 1 rings (SSSR count). The molecule has 0 aliphatic heterocycles. The topological polar surface area (TPSA) is 50.1 Å². The normalized spacial score (nSPS) is 12.3. The van der Waals surface area contributed by atoms with E-state index < -0.39 is 0 Å². The van der Waals surface area contributed by atoms with Gasteiger partial charge in [-0.1, -0.05) is 27.7 Å². The zero-order chi connectivity index (χ0) is 14.3. The molecule has 0 spiro atoms. The van der Waals surface area contributed by atoms with Crippen molar-refractivity contribution in [3.63, 3.8) is 0 Å². The average Bonchev–Trinajstić information content (AvgIpc) is 2.79. The molecule has 2 N–H and O–H groups in total. The SMILES string of the molecule is CCC(CC)n1ccc(CNCC(C)(C)CCO)n1. The Hall–Kier alpha value is -0.870. The maximum Gasteiger partial charge on any atom is 0.0762 e. The minimum Gasteiger partial charge on any atom is -0.396 e. The third-order valence-corrected chi connectivity index (χ3v) is 3.68. The van der Waals surface area contributed by atoms with E-state index in [1.165, 1.54) is 0 Å². The smallest absolute Gasteiger partial charge is 0.0762 e. The predicted octanol–water partition coefficient (Wildman–Crippen LogP) is 2.74. The van der Waals surface area contributed by atoms with E-state index in [2.05, 4.69) is 55.1 Å². The van der Waals surface area contributed by atoms with Crippen LogP contribution in [0, 0.1) is 5.41 Å². The van der Waals surface area contributed by atoms with Crippen molar-refractivity contribution in [2.45, 2.75) is 59.5 Å². The zero-order valence-corrected chi connectivity index (χ0v) is 12.8. The highest BCUT2D eigenvalue weighted by molar-refractivity contribution is 4.99. The molecule has 0 aliphatic rings. The van der Waals surface area contributed by atoms with Gasteiger partial charge in [-0.25, -0.2) is 0 Å². The van der Waals surface area contributed by atoms with Gasteiger partial charge in [0.15, 0.2) is 0 Å². The third kappa shape index (κ3) is 5.33. The number of hydrogen-bond donors (Lipinski definition) is 2. The summed E-state index contributed by atoms with van der Waals surface area (Å²) in [6.07, 6.45) is 5.14. The second kappa shape index (κ2) is 7.65. The van der Waals surface area contributed by atoms with E-state index in [1.807, 2.05) is 0 Å². The van der Waals surface area contributed by atoms with Crippen molar-refractivity contribution in [3.05, 3.63) is 18.0 Å². The van der Waals surface area contributed by atoms with Gasteiger partial charge in [-0.3, -0.25) is 4.68 Å². The lowest BCUT2D eigenvalue weighted by Crippen LogP contribution is -2.30. The standard InChI is InChI=1S/C15H29N3O/c1-5-14(6-2)18-9-7-13(17-18)11-16-12-15(3,4)8-10-19/h7,9,14,16,19H,5-6,8,10-12H2,1-4H3. The van der Waals surface area contributed by atoms with Gasteiger partial charge in [0.25, 0.3) is 0 Å². The van der Waals surface area contributed by atoms with Crippen LogP contribution in [0.5, 0.6) is 0 Å². The van der Waals surface area contributed by atoms with Crippen LogP contribution in [-0.4, -0.2) is 28.0 Å². The molecule has 0 aliphatic carbocycles. The van der Waals surface area contributed by atoms with Crippen LogP contribution in [0.2, 0.25) is 0 Å². The molecule has 0 aromatic carbocycles. The Morgan fingerprint density at radius 1 is 1.37 bits per heavy atom. The van der Waals surface area contributed by atoms with Crippen molar-refractivity contribution in [2.24, 2.45) is 5.41 Å². The molecule has 0 unspecified atom stereocenters. The van der Waals surface area contributed by atoms with Crippen LogP contribution >= 0.6 is 0 Å². The van der Waals surface area contributed by atoms with Crippen LogP contribution < -0.4 is 5.32 Å². The van der Waals surface area contributed by atoms with Crippen LogP contribution in [0.15, 0.2) is 12.3 Å². The summed E-state index contributed by atoms with van der Waals surface area (Å²) in [6, 6.07) is 2.60. The molecular formula is C15H29N3O. The van der Waals surface area contributed by atoms with E-state index in [4.69, 9.17) is 5.11 Å². The molecule has 110 valence electrons. The number of rotatable bonds is 9. The molecule has 19 heavy (non-hydrogen) atoms. The molecule has 0 saturated carbocycles. The fourth-order valence-electron chi connectivity index (χ4n) is 2.26. The molecule has 0 radical (unpaired) electrons. The van der Waals surface area contributed by atoms with Crippen LogP contribution in [0.25, 0.3) is 0 Å². The number of aromatic nitrogens is 2. The van der Waals surface area contributed by atoms with Crippen molar-refractivity contribution in [2.75, 3.05) is 13.2 Å². The summed E-state index contributed by atoms with van der Waals surface area (Å²) in [5.74, 6) is 0. The Bertz CT molecular complexity index is 356. The van der Waals surface area contributed by atoms with E-state index >= 15 is 0 Å². The second-order valence-corrected chi connectivity index (χ2v) is 6.00. The minimum atomic E-state index is 0.132. The lowest BCUT2D eigenvalue weighted by Gasteiger charge is -2.23. The highest BCUT2D eigenvalue weighted by atomic mass is 16.3. The van der Waals surface area contributed by atoms with Gasteiger partial charge in [-0.2, -0.15) is 5.10 Å². The largest absolute Gasteiger partial charge is 0.396 e. The van der Waals surface area contributed by atoms with E-state index in [0.29, 0.717) is 6.04 Å². The molecule has 0 fully saturated rings. The van der Waals surface area contributed by atoms with Crippen LogP contribution in [-0.2, 0) is 6.54 Å². The second-order valence-electron chi connectivity index (χ2n) is 6.00. The number of aliphatic hydroxyl groups excluding tert-OH is 1. The van der Waals surface area contributed by atoms with Gasteiger partial charge in [0.2, 0.25) is 0 Å². The average molecular weight is 267 g/mol. The summed E-state index contributed by atoms with van der Waals surface area (Å²) in [4.78, 5) is 0. The minimum absolute atomic E-state index is 0.132. The van der Waals surface area contributed by atoms with Crippen molar-refractivity contribution < 1.29 is 5.11 Å². The fraction of sp³-hybridized carbons (Fsp3) is 0.800. The van der Waals surface area contributed by atoms with Crippen molar-refractivity contribution in [1.82, 2.24) is 15.1 Å². The first-order valence-corrected chi connectivity index (χ1v) is 7.38. The molecule has 0 saturated heterocycles. The first kappa shape index (κ1) is 16.2. The lowest BCUT2D eigenvalue weighted by molar-refractivity contribution is 0.207. The Balaban J connectivity index is 2.42. The number of nitrogens with one attached hydrogen (secondary N) is 1. The summed E-state index contributed by atoms with van der Waals surface area (Å²) < 4.78 is 2.08. The maximum absolute atomic E-state index is 8.99. The van der Waals surface area contributed by atoms with E-state index in [1.54, 1.807) is 0 Å². The molecule has 0 bridgehead atoms. The summed E-state index contributed by atoms with van der Waals surface area (Å²) in [6.45, 7) is 10.7. The van der Waals surface area contributed by atoms with E-state index in [0.717, 1.165) is 38.0 Å². The molecule has 0 atom stereocenters. The molecule has 4 nitrogen and oxygen atoms in total. The summed E-state index contributed by atoms with van der Waals surface area (Å²) in [7, 11) is 0. The molecule has 1 heterocycles. The monoisotopic (exact) mass is 267 g/mol. The van der Waals surface area contributed by atoms with Gasteiger partial charge in [0.05, 0.1) is 11.7 Å². The van der Waals surface area contributed by atoms with Crippen LogP contribution in [0.3, 0.4) is 0 Å². The fourth-order valence-corrected chi connectivity index (χ4v) is 2.26. The lowest BCUT2D eigenvalue weighted by atomic mass is 9.90. The highest BCUT2D eigenvalue weighted by Crippen LogP contribution is 2.18. The van der Waals surface area contributed by atoms with Gasteiger partial charge in [0, 0.05) is 25.9 Å². The molecule has 1 aromatic rings. The zero-order valence-electron chi connectivity index (χ0n) is 12.8. The maximum atomic E-state index is 8.99. The van der Waals surface area contributed by atoms with Crippen molar-refractivity contribution >= 4 is 0 Å². The quantitative estimate of drug-likeness (QED) is 0.723. The van der Waals surface area contributed by atoms with Crippen molar-refractivity contribution in [1.29, 1.82) is 0 Å². The van der Waals surface area contributed by atoms with Gasteiger partial charge >= 0.3 is 0 Å². The highest BCUT2D eigenvalue weighted by Gasteiger charge is 2.16. The van der Waals surface area contributed by atoms with Crippen LogP contribution in [0.4, 0.5) is 0 Å². The molecule has 4 heteroatoms. The summed E-state index contributed by atoms with van der Waals surface area (Å²) in [5, 5.41) is 17.0. The molecule has 1 aromatic heterocycles. The van der Waals surface area contributed by atoms with Crippen molar-refractivity contribution in [3.8, 4) is 0 Å². The first-order chi connectivity index (χ1) is 9.02. The number of aliphatic hydroxyl groups is 1. The Morgan fingerprint density at radius 2 is 2.05 bits per heavy atom. The van der Waals surface area contributed by atoms with Gasteiger partial charge in [-0.05, 0) is 30.7 Å². The Kier molecular flexibility index (Phi) is 6.52.